The predicted octanol–water partition coefficient (Wildman–Crippen LogP) is 3.99. The monoisotopic (exact) mass is 395 g/mol. The van der Waals surface area contributed by atoms with Gasteiger partial charge in [-0.15, -0.1) is 0 Å². The quantitative estimate of drug-likeness (QED) is 0.626. The molecule has 1 aromatic heterocycles. The van der Waals surface area contributed by atoms with E-state index in [4.69, 9.17) is 0 Å². The van der Waals surface area contributed by atoms with Crippen LogP contribution in [0.25, 0.3) is 11.0 Å². The molecule has 6 heteroatoms. The fourth-order valence-electron chi connectivity index (χ4n) is 1.99. The molecule has 4 nitrogen and oxygen atoms in total. The second kappa shape index (κ2) is 5.46. The Balaban J connectivity index is 1.84. The maximum absolute atomic E-state index is 11.3. The second-order valence-electron chi connectivity index (χ2n) is 4.44. The first kappa shape index (κ1) is 13.5. The van der Waals surface area contributed by atoms with E-state index in [1.807, 2.05) is 24.3 Å². The van der Waals surface area contributed by atoms with E-state index >= 15 is 0 Å². The Morgan fingerprint density at radius 2 is 1.65 bits per heavy atom. The molecule has 0 spiro atoms. The van der Waals surface area contributed by atoms with E-state index in [-0.39, 0.29) is 5.69 Å². The van der Waals surface area contributed by atoms with Crippen LogP contribution in [-0.4, -0.2) is 9.97 Å². The topological polar surface area (TPSA) is 60.7 Å². The Kier molecular flexibility index (Phi) is 3.67. The van der Waals surface area contributed by atoms with Crippen molar-refractivity contribution in [2.75, 3.05) is 5.32 Å². The fraction of sp³-hybridized carbons (Fsp3) is 0.0714. The first-order chi connectivity index (χ1) is 9.61. The van der Waals surface area contributed by atoms with Crippen molar-refractivity contribution in [1.29, 1.82) is 0 Å². The van der Waals surface area contributed by atoms with Crippen LogP contribution >= 0.6 is 31.9 Å². The lowest BCUT2D eigenvalue weighted by Crippen LogP contribution is -2.00. The molecule has 0 radical (unpaired) electrons. The van der Waals surface area contributed by atoms with Gasteiger partial charge in [-0.1, -0.05) is 28.1 Å². The van der Waals surface area contributed by atoms with Crippen molar-refractivity contribution in [3.8, 4) is 0 Å². The molecule has 0 aliphatic rings. The Hall–Kier alpha value is -1.53. The van der Waals surface area contributed by atoms with Crippen LogP contribution in [0.15, 0.2) is 50.1 Å². The molecule has 0 bridgehead atoms. The Bertz CT molecular complexity index is 805. The van der Waals surface area contributed by atoms with Crippen molar-refractivity contribution in [3.63, 3.8) is 0 Å². The van der Waals surface area contributed by atoms with Crippen molar-refractivity contribution in [2.24, 2.45) is 0 Å². The molecule has 3 N–H and O–H groups in total. The zero-order chi connectivity index (χ0) is 14.1. The van der Waals surface area contributed by atoms with Gasteiger partial charge in [-0.25, -0.2) is 4.79 Å². The van der Waals surface area contributed by atoms with Crippen LogP contribution < -0.4 is 11.0 Å². The summed E-state index contributed by atoms with van der Waals surface area (Å²) in [7, 11) is 0. The van der Waals surface area contributed by atoms with Crippen LogP contribution in [0.5, 0.6) is 0 Å². The van der Waals surface area contributed by atoms with Crippen LogP contribution in [0.4, 0.5) is 5.69 Å². The first-order valence-electron chi connectivity index (χ1n) is 6.02. The molecule has 3 rings (SSSR count). The number of anilines is 1. The maximum atomic E-state index is 11.3. The summed E-state index contributed by atoms with van der Waals surface area (Å²) in [4.78, 5) is 16.8. The van der Waals surface area contributed by atoms with E-state index < -0.39 is 0 Å². The minimum atomic E-state index is -0.197. The zero-order valence-electron chi connectivity index (χ0n) is 10.3. The van der Waals surface area contributed by atoms with Crippen molar-refractivity contribution in [2.45, 2.75) is 6.54 Å². The summed E-state index contributed by atoms with van der Waals surface area (Å²) >= 11 is 6.92. The number of fused-ring (bicyclic) bond motifs is 1. The smallest absolute Gasteiger partial charge is 0.323 e. The van der Waals surface area contributed by atoms with E-state index in [2.05, 4.69) is 59.3 Å². The van der Waals surface area contributed by atoms with Gasteiger partial charge in [0.15, 0.2) is 0 Å². The second-order valence-corrected chi connectivity index (χ2v) is 6.21. The molecule has 0 aliphatic heterocycles. The summed E-state index contributed by atoms with van der Waals surface area (Å²) in [5.41, 5.74) is 3.50. The third-order valence-corrected chi connectivity index (χ3v) is 4.18. The highest BCUT2D eigenvalue weighted by Crippen LogP contribution is 2.26. The van der Waals surface area contributed by atoms with E-state index in [9.17, 15) is 4.79 Å². The minimum Gasteiger partial charge on any atom is -0.380 e. The third-order valence-electron chi connectivity index (χ3n) is 3.00. The predicted molar refractivity (Wildman–Crippen MR) is 88.1 cm³/mol. The van der Waals surface area contributed by atoms with E-state index in [0.29, 0.717) is 6.54 Å². The van der Waals surface area contributed by atoms with Gasteiger partial charge < -0.3 is 15.3 Å². The number of imidazole rings is 1. The number of aromatic nitrogens is 2. The standard InChI is InChI=1S/C14H11Br2N3O/c15-9-3-1-8(2-4-9)7-17-11-6-13-12(5-10(11)16)18-14(20)19-13/h1-6,17H,7H2,(H2,18,19,20). The lowest BCUT2D eigenvalue weighted by molar-refractivity contribution is 1.15. The first-order valence-corrected chi connectivity index (χ1v) is 7.60. The molecule has 1 heterocycles. The molecule has 20 heavy (non-hydrogen) atoms. The van der Waals surface area contributed by atoms with Gasteiger partial charge in [0.25, 0.3) is 0 Å². The molecule has 0 aliphatic carbocycles. The van der Waals surface area contributed by atoms with Gasteiger partial charge in [0.1, 0.15) is 0 Å². The number of rotatable bonds is 3. The molecular weight excluding hydrogens is 386 g/mol. The van der Waals surface area contributed by atoms with Crippen molar-refractivity contribution in [3.05, 3.63) is 61.4 Å². The zero-order valence-corrected chi connectivity index (χ0v) is 13.5. The van der Waals surface area contributed by atoms with Gasteiger partial charge in [0, 0.05) is 15.5 Å². The number of hydrogen-bond acceptors (Lipinski definition) is 2. The summed E-state index contributed by atoms with van der Waals surface area (Å²) in [6.45, 7) is 0.714. The van der Waals surface area contributed by atoms with Crippen molar-refractivity contribution < 1.29 is 0 Å². The average molecular weight is 397 g/mol. The highest BCUT2D eigenvalue weighted by molar-refractivity contribution is 9.10. The Morgan fingerprint density at radius 3 is 2.35 bits per heavy atom. The van der Waals surface area contributed by atoms with Gasteiger partial charge in [0.2, 0.25) is 0 Å². The molecule has 0 saturated carbocycles. The molecular formula is C14H11Br2N3O. The van der Waals surface area contributed by atoms with E-state index in [0.717, 1.165) is 25.7 Å². The van der Waals surface area contributed by atoms with Crippen LogP contribution in [0.2, 0.25) is 0 Å². The summed E-state index contributed by atoms with van der Waals surface area (Å²) in [6, 6.07) is 11.9. The molecule has 2 aromatic carbocycles. The van der Waals surface area contributed by atoms with Gasteiger partial charge in [-0.05, 0) is 45.8 Å². The van der Waals surface area contributed by atoms with Crippen LogP contribution in [0.3, 0.4) is 0 Å². The molecule has 0 atom stereocenters. The number of benzene rings is 2. The largest absolute Gasteiger partial charge is 0.380 e. The maximum Gasteiger partial charge on any atom is 0.323 e. The summed E-state index contributed by atoms with van der Waals surface area (Å²) in [5, 5.41) is 3.35. The lowest BCUT2D eigenvalue weighted by Gasteiger charge is -2.09. The number of H-pyrrole nitrogens is 2. The van der Waals surface area contributed by atoms with Gasteiger partial charge >= 0.3 is 5.69 Å². The number of halogens is 2. The molecule has 0 amide bonds. The minimum absolute atomic E-state index is 0.197. The highest BCUT2D eigenvalue weighted by atomic mass is 79.9. The number of hydrogen-bond donors (Lipinski definition) is 3. The molecule has 0 unspecified atom stereocenters. The Morgan fingerprint density at radius 1 is 1.00 bits per heavy atom. The summed E-state index contributed by atoms with van der Waals surface area (Å²) in [5.74, 6) is 0. The molecule has 102 valence electrons. The third kappa shape index (κ3) is 2.81. The van der Waals surface area contributed by atoms with Gasteiger partial charge in [-0.2, -0.15) is 0 Å². The average Bonchev–Trinajstić information content (AvgIpc) is 2.77. The molecule has 3 aromatic rings. The SMILES string of the molecule is O=c1[nH]c2cc(Br)c(NCc3ccc(Br)cc3)cc2[nH]1. The highest BCUT2D eigenvalue weighted by Gasteiger charge is 2.05. The van der Waals surface area contributed by atoms with Crippen molar-refractivity contribution in [1.82, 2.24) is 9.97 Å². The number of aromatic amines is 2. The Labute approximate surface area is 131 Å². The number of nitrogens with one attached hydrogen (secondary N) is 3. The van der Waals surface area contributed by atoms with Crippen LogP contribution in [-0.2, 0) is 6.54 Å². The lowest BCUT2D eigenvalue weighted by atomic mass is 10.2. The summed E-state index contributed by atoms with van der Waals surface area (Å²) in [6.07, 6.45) is 0. The fourth-order valence-corrected chi connectivity index (χ4v) is 2.74. The van der Waals surface area contributed by atoms with Crippen LogP contribution in [0.1, 0.15) is 5.56 Å². The normalized spacial score (nSPS) is 10.9. The van der Waals surface area contributed by atoms with Crippen LogP contribution in [0, 0.1) is 0 Å². The van der Waals surface area contributed by atoms with E-state index in [1.165, 1.54) is 5.56 Å². The molecule has 0 fully saturated rings. The summed E-state index contributed by atoms with van der Waals surface area (Å²) < 4.78 is 1.98. The van der Waals surface area contributed by atoms with E-state index in [1.54, 1.807) is 0 Å². The van der Waals surface area contributed by atoms with Gasteiger partial charge in [-0.3, -0.25) is 0 Å². The van der Waals surface area contributed by atoms with Crippen molar-refractivity contribution >= 4 is 48.6 Å². The van der Waals surface area contributed by atoms with Gasteiger partial charge in [0.05, 0.1) is 16.7 Å². The molecule has 0 saturated heterocycles.